The number of ether oxygens (including phenoxy) is 2. The fourth-order valence-corrected chi connectivity index (χ4v) is 2.13. The average molecular weight is 291 g/mol. The third kappa shape index (κ3) is 7.19. The number of hydrogen-bond acceptors (Lipinski definition) is 3. The number of hydrogen-bond donors (Lipinski definition) is 1. The Balaban J connectivity index is 2.28. The Morgan fingerprint density at radius 1 is 1.10 bits per heavy atom. The molecule has 0 aromatic heterocycles. The highest BCUT2D eigenvalue weighted by molar-refractivity contribution is 5.55. The number of allylic oxidation sites excluding steroid dienone is 1. The van der Waals surface area contributed by atoms with Crippen LogP contribution in [0.25, 0.3) is 6.08 Å². The SMILES string of the molecule is CC=Cc1ccc(OCCNCCCCCC)c(OC)c1. The van der Waals surface area contributed by atoms with Crippen LogP contribution in [-0.4, -0.2) is 26.8 Å². The number of methoxy groups -OCH3 is 1. The molecule has 0 bridgehead atoms. The van der Waals surface area contributed by atoms with Gasteiger partial charge in [0, 0.05) is 6.54 Å². The summed E-state index contributed by atoms with van der Waals surface area (Å²) in [5.41, 5.74) is 1.12. The van der Waals surface area contributed by atoms with Crippen molar-refractivity contribution in [1.82, 2.24) is 5.32 Å². The summed E-state index contributed by atoms with van der Waals surface area (Å²) in [4.78, 5) is 0. The van der Waals surface area contributed by atoms with E-state index in [1.807, 2.05) is 37.3 Å². The second-order valence-electron chi connectivity index (χ2n) is 5.07. The first kappa shape index (κ1) is 17.6. The first-order valence-corrected chi connectivity index (χ1v) is 7.96. The average Bonchev–Trinajstić information content (AvgIpc) is 2.51. The van der Waals surface area contributed by atoms with E-state index in [1.165, 1.54) is 25.7 Å². The van der Waals surface area contributed by atoms with Gasteiger partial charge in [0.2, 0.25) is 0 Å². The van der Waals surface area contributed by atoms with E-state index in [0.29, 0.717) is 6.61 Å². The van der Waals surface area contributed by atoms with E-state index in [2.05, 4.69) is 12.2 Å². The molecule has 0 fully saturated rings. The quantitative estimate of drug-likeness (QED) is 0.617. The minimum atomic E-state index is 0.660. The lowest BCUT2D eigenvalue weighted by Crippen LogP contribution is -2.22. The van der Waals surface area contributed by atoms with Crippen LogP contribution in [0.15, 0.2) is 24.3 Å². The second-order valence-corrected chi connectivity index (χ2v) is 5.07. The number of nitrogens with one attached hydrogen (secondary N) is 1. The van der Waals surface area contributed by atoms with Crippen molar-refractivity contribution in [3.63, 3.8) is 0 Å². The van der Waals surface area contributed by atoms with E-state index in [4.69, 9.17) is 9.47 Å². The summed E-state index contributed by atoms with van der Waals surface area (Å²) in [6.45, 7) is 6.83. The predicted octanol–water partition coefficient (Wildman–Crippen LogP) is 4.28. The molecule has 0 heterocycles. The van der Waals surface area contributed by atoms with Gasteiger partial charge in [0.05, 0.1) is 7.11 Å². The Labute approximate surface area is 129 Å². The van der Waals surface area contributed by atoms with Crippen LogP contribution in [0.4, 0.5) is 0 Å². The van der Waals surface area contributed by atoms with Gasteiger partial charge in [0.25, 0.3) is 0 Å². The molecule has 1 rings (SSSR count). The van der Waals surface area contributed by atoms with E-state index >= 15 is 0 Å². The van der Waals surface area contributed by atoms with Crippen LogP contribution in [0.3, 0.4) is 0 Å². The van der Waals surface area contributed by atoms with Crippen LogP contribution in [-0.2, 0) is 0 Å². The van der Waals surface area contributed by atoms with Gasteiger partial charge in [-0.2, -0.15) is 0 Å². The zero-order valence-electron chi connectivity index (χ0n) is 13.7. The lowest BCUT2D eigenvalue weighted by molar-refractivity contribution is 0.292. The Morgan fingerprint density at radius 3 is 2.67 bits per heavy atom. The third-order valence-electron chi connectivity index (χ3n) is 3.29. The summed E-state index contributed by atoms with van der Waals surface area (Å²) < 4.78 is 11.2. The van der Waals surface area contributed by atoms with Crippen molar-refractivity contribution < 1.29 is 9.47 Å². The zero-order valence-corrected chi connectivity index (χ0v) is 13.7. The fourth-order valence-electron chi connectivity index (χ4n) is 2.13. The monoisotopic (exact) mass is 291 g/mol. The van der Waals surface area contributed by atoms with Gasteiger partial charge in [-0.25, -0.2) is 0 Å². The largest absolute Gasteiger partial charge is 0.493 e. The van der Waals surface area contributed by atoms with Crippen molar-refractivity contribution in [2.75, 3.05) is 26.8 Å². The van der Waals surface area contributed by atoms with Crippen LogP contribution in [0.2, 0.25) is 0 Å². The fraction of sp³-hybridized carbons (Fsp3) is 0.556. The van der Waals surface area contributed by atoms with E-state index in [9.17, 15) is 0 Å². The third-order valence-corrected chi connectivity index (χ3v) is 3.29. The molecule has 21 heavy (non-hydrogen) atoms. The molecular weight excluding hydrogens is 262 g/mol. The molecule has 0 saturated carbocycles. The first-order chi connectivity index (χ1) is 10.3. The predicted molar refractivity (Wildman–Crippen MR) is 90.2 cm³/mol. The molecule has 0 unspecified atom stereocenters. The first-order valence-electron chi connectivity index (χ1n) is 7.96. The lowest BCUT2D eigenvalue weighted by Gasteiger charge is -2.12. The minimum absolute atomic E-state index is 0.660. The zero-order chi connectivity index (χ0) is 15.3. The standard InChI is InChI=1S/C18H29NO2/c1-4-6-7-8-12-19-13-14-21-17-11-10-16(9-5-2)15-18(17)20-3/h5,9-11,15,19H,4,6-8,12-14H2,1-3H3. The Kier molecular flexibility index (Phi) is 9.38. The molecule has 0 aliphatic carbocycles. The van der Waals surface area contributed by atoms with Crippen LogP contribution in [0, 0.1) is 0 Å². The van der Waals surface area contributed by atoms with Gasteiger partial charge in [-0.1, -0.05) is 44.4 Å². The maximum Gasteiger partial charge on any atom is 0.161 e. The van der Waals surface area contributed by atoms with Gasteiger partial charge in [0.1, 0.15) is 6.61 Å². The van der Waals surface area contributed by atoms with Gasteiger partial charge in [-0.15, -0.1) is 0 Å². The Bertz CT molecular complexity index is 416. The van der Waals surface area contributed by atoms with Crippen LogP contribution in [0.1, 0.15) is 45.1 Å². The van der Waals surface area contributed by atoms with Crippen LogP contribution < -0.4 is 14.8 Å². The second kappa shape index (κ2) is 11.2. The van der Waals surface area contributed by atoms with Gasteiger partial charge < -0.3 is 14.8 Å². The minimum Gasteiger partial charge on any atom is -0.493 e. The molecule has 3 nitrogen and oxygen atoms in total. The topological polar surface area (TPSA) is 30.5 Å². The normalized spacial score (nSPS) is 11.0. The summed E-state index contributed by atoms with van der Waals surface area (Å²) >= 11 is 0. The molecule has 0 radical (unpaired) electrons. The molecule has 0 saturated heterocycles. The van der Waals surface area contributed by atoms with Crippen molar-refractivity contribution in [1.29, 1.82) is 0 Å². The summed E-state index contributed by atoms with van der Waals surface area (Å²) in [7, 11) is 1.67. The van der Waals surface area contributed by atoms with Crippen molar-refractivity contribution in [2.45, 2.75) is 39.5 Å². The molecule has 1 aromatic carbocycles. The van der Waals surface area contributed by atoms with Crippen LogP contribution >= 0.6 is 0 Å². The molecule has 3 heteroatoms. The van der Waals surface area contributed by atoms with Gasteiger partial charge in [0.15, 0.2) is 11.5 Å². The molecule has 0 atom stereocenters. The highest BCUT2D eigenvalue weighted by Gasteiger charge is 2.04. The molecule has 0 aliphatic rings. The van der Waals surface area contributed by atoms with Crippen molar-refractivity contribution in [2.24, 2.45) is 0 Å². The maximum absolute atomic E-state index is 5.78. The van der Waals surface area contributed by atoms with E-state index in [-0.39, 0.29) is 0 Å². The van der Waals surface area contributed by atoms with E-state index in [1.54, 1.807) is 7.11 Å². The van der Waals surface area contributed by atoms with Crippen molar-refractivity contribution in [3.05, 3.63) is 29.8 Å². The summed E-state index contributed by atoms with van der Waals surface area (Å²) in [5.74, 6) is 1.59. The number of rotatable bonds is 11. The van der Waals surface area contributed by atoms with Gasteiger partial charge >= 0.3 is 0 Å². The van der Waals surface area contributed by atoms with E-state index in [0.717, 1.165) is 30.2 Å². The van der Waals surface area contributed by atoms with Gasteiger partial charge in [-0.05, 0) is 37.6 Å². The molecule has 1 aromatic rings. The summed E-state index contributed by atoms with van der Waals surface area (Å²) in [6, 6.07) is 6.00. The lowest BCUT2D eigenvalue weighted by atomic mass is 10.2. The molecule has 0 amide bonds. The maximum atomic E-state index is 5.78. The van der Waals surface area contributed by atoms with Crippen LogP contribution in [0.5, 0.6) is 11.5 Å². The summed E-state index contributed by atoms with van der Waals surface area (Å²) in [5, 5.41) is 3.41. The molecular formula is C18H29NO2. The molecule has 118 valence electrons. The Morgan fingerprint density at radius 2 is 1.95 bits per heavy atom. The molecule has 1 N–H and O–H groups in total. The highest BCUT2D eigenvalue weighted by atomic mass is 16.5. The number of unbranched alkanes of at least 4 members (excludes halogenated alkanes) is 3. The number of benzene rings is 1. The molecule has 0 aliphatic heterocycles. The van der Waals surface area contributed by atoms with Gasteiger partial charge in [-0.3, -0.25) is 0 Å². The Hall–Kier alpha value is -1.48. The van der Waals surface area contributed by atoms with Crippen molar-refractivity contribution in [3.8, 4) is 11.5 Å². The summed E-state index contributed by atoms with van der Waals surface area (Å²) in [6.07, 6.45) is 9.22. The van der Waals surface area contributed by atoms with Crippen molar-refractivity contribution >= 4 is 6.08 Å². The van der Waals surface area contributed by atoms with E-state index < -0.39 is 0 Å². The highest BCUT2D eigenvalue weighted by Crippen LogP contribution is 2.28. The smallest absolute Gasteiger partial charge is 0.161 e. The molecule has 0 spiro atoms.